The number of nitrogens with one attached hydrogen (secondary N) is 1. The number of benzene rings is 1. The Labute approximate surface area is 109 Å². The van der Waals surface area contributed by atoms with E-state index in [1.165, 1.54) is 18.0 Å². The third-order valence-electron chi connectivity index (χ3n) is 3.35. The number of rotatable bonds is 2. The standard InChI is InChI=1S/C12H14ClFN2O2/c1-16(12(17)18)11-6-15-5-8(11)7-2-3-10(14)9(13)4-7/h2-4,8,11,15H,5-6H2,1H3,(H,17,18)/t8-,11+/m0/s1. The highest BCUT2D eigenvalue weighted by Gasteiger charge is 2.33. The molecule has 0 spiro atoms. The number of nitrogens with zero attached hydrogens (tertiary/aromatic N) is 1. The highest BCUT2D eigenvalue weighted by atomic mass is 35.5. The van der Waals surface area contributed by atoms with Gasteiger partial charge in [-0.25, -0.2) is 9.18 Å². The van der Waals surface area contributed by atoms with E-state index in [1.807, 2.05) is 0 Å². The van der Waals surface area contributed by atoms with Crippen molar-refractivity contribution >= 4 is 17.7 Å². The van der Waals surface area contributed by atoms with E-state index in [2.05, 4.69) is 5.32 Å². The maximum absolute atomic E-state index is 13.1. The monoisotopic (exact) mass is 272 g/mol. The number of hydrogen-bond donors (Lipinski definition) is 2. The predicted molar refractivity (Wildman–Crippen MR) is 66.6 cm³/mol. The van der Waals surface area contributed by atoms with Crippen molar-refractivity contribution in [2.45, 2.75) is 12.0 Å². The molecule has 2 rings (SSSR count). The van der Waals surface area contributed by atoms with E-state index < -0.39 is 11.9 Å². The van der Waals surface area contributed by atoms with Crippen molar-refractivity contribution in [3.05, 3.63) is 34.6 Å². The number of likely N-dealkylation sites (N-methyl/N-ethyl adjacent to an activating group) is 1. The van der Waals surface area contributed by atoms with E-state index in [0.717, 1.165) is 5.56 Å². The summed E-state index contributed by atoms with van der Waals surface area (Å²) in [6.07, 6.45) is -0.970. The molecular formula is C12H14ClFN2O2. The molecule has 2 atom stereocenters. The van der Waals surface area contributed by atoms with E-state index in [4.69, 9.17) is 16.7 Å². The fourth-order valence-corrected chi connectivity index (χ4v) is 2.49. The average Bonchev–Trinajstić information content (AvgIpc) is 2.80. The Morgan fingerprint density at radius 3 is 2.89 bits per heavy atom. The Hall–Kier alpha value is -1.33. The van der Waals surface area contributed by atoms with Crippen molar-refractivity contribution in [1.82, 2.24) is 10.2 Å². The molecule has 18 heavy (non-hydrogen) atoms. The van der Waals surface area contributed by atoms with Gasteiger partial charge in [0, 0.05) is 26.1 Å². The molecule has 1 heterocycles. The smallest absolute Gasteiger partial charge is 0.407 e. The van der Waals surface area contributed by atoms with Crippen LogP contribution in [0, 0.1) is 5.82 Å². The highest BCUT2D eigenvalue weighted by molar-refractivity contribution is 6.30. The Morgan fingerprint density at radius 2 is 2.28 bits per heavy atom. The molecule has 1 aliphatic rings. The third kappa shape index (κ3) is 2.42. The zero-order chi connectivity index (χ0) is 13.3. The summed E-state index contributed by atoms with van der Waals surface area (Å²) in [7, 11) is 1.54. The number of hydrogen-bond acceptors (Lipinski definition) is 2. The SMILES string of the molecule is CN(C(=O)O)[C@@H]1CNC[C@H]1c1ccc(F)c(Cl)c1. The predicted octanol–water partition coefficient (Wildman–Crippen LogP) is 2.14. The van der Waals surface area contributed by atoms with Gasteiger partial charge in [-0.15, -0.1) is 0 Å². The van der Waals surface area contributed by atoms with E-state index in [1.54, 1.807) is 12.1 Å². The first kappa shape index (κ1) is 13.1. The van der Waals surface area contributed by atoms with Crippen LogP contribution in [0.2, 0.25) is 5.02 Å². The number of halogens is 2. The van der Waals surface area contributed by atoms with Gasteiger partial charge in [0.05, 0.1) is 11.1 Å². The van der Waals surface area contributed by atoms with Crippen LogP contribution in [-0.4, -0.2) is 42.3 Å². The molecule has 0 aromatic heterocycles. The molecule has 1 aromatic rings. The van der Waals surface area contributed by atoms with Gasteiger partial charge in [-0.3, -0.25) is 0 Å². The number of amides is 1. The maximum atomic E-state index is 13.1. The van der Waals surface area contributed by atoms with Gasteiger partial charge in [0.1, 0.15) is 5.82 Å². The number of carboxylic acid groups (broad SMARTS) is 1. The van der Waals surface area contributed by atoms with Crippen molar-refractivity contribution in [3.63, 3.8) is 0 Å². The number of carbonyl (C=O) groups is 1. The van der Waals surface area contributed by atoms with Crippen molar-refractivity contribution in [2.24, 2.45) is 0 Å². The zero-order valence-electron chi connectivity index (χ0n) is 9.86. The largest absolute Gasteiger partial charge is 0.465 e. The van der Waals surface area contributed by atoms with Crippen LogP contribution in [0.15, 0.2) is 18.2 Å². The fourth-order valence-electron chi connectivity index (χ4n) is 2.30. The van der Waals surface area contributed by atoms with Crippen LogP contribution in [0.4, 0.5) is 9.18 Å². The summed E-state index contributed by atoms with van der Waals surface area (Å²) in [5.41, 5.74) is 0.851. The Balaban J connectivity index is 2.25. The van der Waals surface area contributed by atoms with Gasteiger partial charge in [0.15, 0.2) is 0 Å². The molecule has 0 unspecified atom stereocenters. The normalized spacial score (nSPS) is 23.1. The van der Waals surface area contributed by atoms with Crippen molar-refractivity contribution in [2.75, 3.05) is 20.1 Å². The minimum atomic E-state index is -0.970. The molecule has 0 saturated carbocycles. The minimum absolute atomic E-state index is 0.0100. The quantitative estimate of drug-likeness (QED) is 0.867. The van der Waals surface area contributed by atoms with Gasteiger partial charge in [0.2, 0.25) is 0 Å². The minimum Gasteiger partial charge on any atom is -0.465 e. The van der Waals surface area contributed by atoms with Crippen molar-refractivity contribution in [1.29, 1.82) is 0 Å². The van der Waals surface area contributed by atoms with Gasteiger partial charge >= 0.3 is 6.09 Å². The summed E-state index contributed by atoms with van der Waals surface area (Å²) in [6, 6.07) is 4.37. The van der Waals surface area contributed by atoms with E-state index in [-0.39, 0.29) is 17.0 Å². The van der Waals surface area contributed by atoms with Crippen LogP contribution in [0.3, 0.4) is 0 Å². The first-order valence-corrected chi connectivity index (χ1v) is 6.00. The molecular weight excluding hydrogens is 259 g/mol. The highest BCUT2D eigenvalue weighted by Crippen LogP contribution is 2.29. The zero-order valence-corrected chi connectivity index (χ0v) is 10.6. The summed E-state index contributed by atoms with van der Waals surface area (Å²) >= 11 is 5.76. The van der Waals surface area contributed by atoms with Crippen LogP contribution in [-0.2, 0) is 0 Å². The summed E-state index contributed by atoms with van der Waals surface area (Å²) in [6.45, 7) is 1.24. The summed E-state index contributed by atoms with van der Waals surface area (Å²) in [5, 5.41) is 12.2. The summed E-state index contributed by atoms with van der Waals surface area (Å²) in [5.74, 6) is -0.473. The Bertz CT molecular complexity index is 469. The Kier molecular flexibility index (Phi) is 3.73. The van der Waals surface area contributed by atoms with Gasteiger partial charge in [0.25, 0.3) is 0 Å². The van der Waals surface area contributed by atoms with E-state index >= 15 is 0 Å². The average molecular weight is 273 g/mol. The lowest BCUT2D eigenvalue weighted by Crippen LogP contribution is -2.40. The lowest BCUT2D eigenvalue weighted by molar-refractivity contribution is 0.138. The van der Waals surface area contributed by atoms with E-state index in [9.17, 15) is 9.18 Å². The molecule has 0 aliphatic carbocycles. The first-order valence-electron chi connectivity index (χ1n) is 5.62. The third-order valence-corrected chi connectivity index (χ3v) is 3.64. The molecule has 1 aliphatic heterocycles. The van der Waals surface area contributed by atoms with Crippen LogP contribution in [0.5, 0.6) is 0 Å². The second-order valence-corrected chi connectivity index (χ2v) is 4.81. The first-order chi connectivity index (χ1) is 8.50. The van der Waals surface area contributed by atoms with Gasteiger partial charge in [-0.1, -0.05) is 17.7 Å². The fraction of sp³-hybridized carbons (Fsp3) is 0.417. The molecule has 4 nitrogen and oxygen atoms in total. The van der Waals surface area contributed by atoms with Gasteiger partial charge in [-0.2, -0.15) is 0 Å². The molecule has 1 saturated heterocycles. The lowest BCUT2D eigenvalue weighted by Gasteiger charge is -2.26. The Morgan fingerprint density at radius 1 is 1.56 bits per heavy atom. The van der Waals surface area contributed by atoms with Gasteiger partial charge < -0.3 is 15.3 Å². The molecule has 0 radical (unpaired) electrons. The molecule has 1 fully saturated rings. The van der Waals surface area contributed by atoms with Crippen molar-refractivity contribution in [3.8, 4) is 0 Å². The summed E-state index contributed by atoms with van der Waals surface area (Å²) < 4.78 is 13.1. The maximum Gasteiger partial charge on any atom is 0.407 e. The molecule has 98 valence electrons. The van der Waals surface area contributed by atoms with Crippen LogP contribution in [0.25, 0.3) is 0 Å². The summed E-state index contributed by atoms with van der Waals surface area (Å²) in [4.78, 5) is 12.3. The van der Waals surface area contributed by atoms with E-state index in [0.29, 0.717) is 13.1 Å². The molecule has 6 heteroatoms. The molecule has 1 aromatic carbocycles. The van der Waals surface area contributed by atoms with Crippen LogP contribution in [0.1, 0.15) is 11.5 Å². The van der Waals surface area contributed by atoms with Crippen LogP contribution >= 0.6 is 11.6 Å². The molecule has 2 N–H and O–H groups in total. The lowest BCUT2D eigenvalue weighted by atomic mass is 9.93. The van der Waals surface area contributed by atoms with Gasteiger partial charge in [-0.05, 0) is 17.7 Å². The molecule has 1 amide bonds. The van der Waals surface area contributed by atoms with Crippen molar-refractivity contribution < 1.29 is 14.3 Å². The molecule has 0 bridgehead atoms. The van der Waals surface area contributed by atoms with Crippen LogP contribution < -0.4 is 5.32 Å². The second kappa shape index (κ2) is 5.12. The topological polar surface area (TPSA) is 52.6 Å². The second-order valence-electron chi connectivity index (χ2n) is 4.40.